The first-order valence-corrected chi connectivity index (χ1v) is 7.68. The van der Waals surface area contributed by atoms with Gasteiger partial charge in [0.15, 0.2) is 6.10 Å². The number of para-hydroxylation sites is 1. The van der Waals surface area contributed by atoms with Crippen LogP contribution in [0.15, 0.2) is 59.8 Å². The van der Waals surface area contributed by atoms with Crippen LogP contribution in [0.3, 0.4) is 0 Å². The van der Waals surface area contributed by atoms with Crippen LogP contribution in [0.25, 0.3) is 0 Å². The van der Waals surface area contributed by atoms with Crippen molar-refractivity contribution in [2.75, 3.05) is 18.9 Å². The van der Waals surface area contributed by atoms with Gasteiger partial charge in [0.05, 0.1) is 17.9 Å². The fourth-order valence-electron chi connectivity index (χ4n) is 2.49. The molecule has 5 nitrogen and oxygen atoms in total. The van der Waals surface area contributed by atoms with Crippen LogP contribution in [0.4, 0.5) is 14.9 Å². The van der Waals surface area contributed by atoms with Gasteiger partial charge in [0, 0.05) is 13.5 Å². The van der Waals surface area contributed by atoms with Gasteiger partial charge in [-0.15, -0.1) is 0 Å². The maximum Gasteiger partial charge on any atom is 0.321 e. The molecule has 3 rings (SSSR count). The van der Waals surface area contributed by atoms with Gasteiger partial charge in [-0.25, -0.2) is 9.18 Å². The first kappa shape index (κ1) is 16.0. The van der Waals surface area contributed by atoms with E-state index in [-0.39, 0.29) is 11.8 Å². The van der Waals surface area contributed by atoms with E-state index in [2.05, 4.69) is 10.5 Å². The number of hydrogen-bond donors (Lipinski definition) is 1. The molecule has 1 aliphatic rings. The van der Waals surface area contributed by atoms with Crippen molar-refractivity contribution < 1.29 is 14.0 Å². The average molecular weight is 327 g/mol. The van der Waals surface area contributed by atoms with Crippen LogP contribution in [0, 0.1) is 5.82 Å². The van der Waals surface area contributed by atoms with E-state index in [1.165, 1.54) is 17.0 Å². The largest absolute Gasteiger partial charge is 0.390 e. The number of benzene rings is 2. The molecule has 0 saturated heterocycles. The van der Waals surface area contributed by atoms with E-state index < -0.39 is 11.8 Å². The molecule has 0 spiro atoms. The summed E-state index contributed by atoms with van der Waals surface area (Å²) >= 11 is 0. The van der Waals surface area contributed by atoms with E-state index >= 15 is 0 Å². The zero-order valence-electron chi connectivity index (χ0n) is 13.3. The third-order valence-electron chi connectivity index (χ3n) is 3.78. The van der Waals surface area contributed by atoms with E-state index in [4.69, 9.17) is 4.84 Å². The molecular formula is C18H18FN3O2. The van der Waals surface area contributed by atoms with Crippen molar-refractivity contribution >= 4 is 17.4 Å². The summed E-state index contributed by atoms with van der Waals surface area (Å²) in [6, 6.07) is 15.4. The smallest absolute Gasteiger partial charge is 0.321 e. The number of rotatable bonds is 4. The summed E-state index contributed by atoms with van der Waals surface area (Å²) in [5, 5.41) is 6.64. The third-order valence-corrected chi connectivity index (χ3v) is 3.78. The van der Waals surface area contributed by atoms with Crippen LogP contribution in [-0.4, -0.2) is 36.3 Å². The maximum atomic E-state index is 13.6. The predicted octanol–water partition coefficient (Wildman–Crippen LogP) is 3.48. The van der Waals surface area contributed by atoms with Gasteiger partial charge in [0.2, 0.25) is 0 Å². The fraction of sp³-hybridized carbons (Fsp3) is 0.222. The van der Waals surface area contributed by atoms with Crippen LogP contribution in [0.1, 0.15) is 12.0 Å². The van der Waals surface area contributed by atoms with Gasteiger partial charge >= 0.3 is 6.03 Å². The first-order chi connectivity index (χ1) is 11.6. The van der Waals surface area contributed by atoms with E-state index in [1.54, 1.807) is 19.2 Å². The number of halogens is 1. The van der Waals surface area contributed by atoms with E-state index in [9.17, 15) is 9.18 Å². The van der Waals surface area contributed by atoms with Crippen LogP contribution in [-0.2, 0) is 4.84 Å². The first-order valence-electron chi connectivity index (χ1n) is 7.68. The Hall–Kier alpha value is -2.89. The van der Waals surface area contributed by atoms with Gasteiger partial charge in [-0.1, -0.05) is 47.6 Å². The number of nitrogens with zero attached hydrogens (tertiary/aromatic N) is 2. The van der Waals surface area contributed by atoms with Gasteiger partial charge in [0.1, 0.15) is 5.82 Å². The van der Waals surface area contributed by atoms with Gasteiger partial charge < -0.3 is 15.1 Å². The molecule has 124 valence electrons. The number of likely N-dealkylation sites (N-methyl/N-ethyl adjacent to an activating group) is 1. The molecule has 1 N–H and O–H groups in total. The zero-order valence-corrected chi connectivity index (χ0v) is 13.3. The molecule has 0 aromatic heterocycles. The van der Waals surface area contributed by atoms with Gasteiger partial charge in [-0.3, -0.25) is 0 Å². The quantitative estimate of drug-likeness (QED) is 0.935. The minimum absolute atomic E-state index is 0.155. The summed E-state index contributed by atoms with van der Waals surface area (Å²) in [6.45, 7) is 0.361. The van der Waals surface area contributed by atoms with Crippen LogP contribution >= 0.6 is 0 Å². The molecule has 2 aromatic rings. The van der Waals surface area contributed by atoms with Crippen LogP contribution in [0.5, 0.6) is 0 Å². The molecule has 0 radical (unpaired) electrons. The summed E-state index contributed by atoms with van der Waals surface area (Å²) < 4.78 is 13.6. The topological polar surface area (TPSA) is 53.9 Å². The SMILES string of the molecule is CN(CC1CC(c2ccccc2)=NO1)C(=O)Nc1ccccc1F. The highest BCUT2D eigenvalue weighted by atomic mass is 19.1. The highest BCUT2D eigenvalue weighted by Gasteiger charge is 2.25. The predicted molar refractivity (Wildman–Crippen MR) is 90.5 cm³/mol. The summed E-state index contributed by atoms with van der Waals surface area (Å²) in [6.07, 6.45) is 0.415. The van der Waals surface area contributed by atoms with E-state index in [1.807, 2.05) is 30.3 Å². The Balaban J connectivity index is 1.54. The molecule has 1 aliphatic heterocycles. The van der Waals surface area contributed by atoms with E-state index in [0.29, 0.717) is 13.0 Å². The Morgan fingerprint density at radius 2 is 1.96 bits per heavy atom. The number of carbonyl (C=O) groups is 1. The lowest BCUT2D eigenvalue weighted by molar-refractivity contribution is 0.0672. The second kappa shape index (κ2) is 7.12. The Bertz CT molecular complexity index is 749. The number of carbonyl (C=O) groups excluding carboxylic acids is 1. The molecule has 6 heteroatoms. The number of hydrogen-bond acceptors (Lipinski definition) is 3. The molecule has 2 amide bonds. The number of oxime groups is 1. The molecule has 0 saturated carbocycles. The Morgan fingerprint density at radius 1 is 1.25 bits per heavy atom. The number of urea groups is 1. The second-order valence-corrected chi connectivity index (χ2v) is 5.63. The number of anilines is 1. The van der Waals surface area contributed by atoms with Crippen molar-refractivity contribution in [2.45, 2.75) is 12.5 Å². The van der Waals surface area contributed by atoms with Crippen molar-refractivity contribution in [3.63, 3.8) is 0 Å². The van der Waals surface area contributed by atoms with Gasteiger partial charge in [-0.2, -0.15) is 0 Å². The lowest BCUT2D eigenvalue weighted by Crippen LogP contribution is -2.37. The van der Waals surface area contributed by atoms with E-state index in [0.717, 1.165) is 11.3 Å². The summed E-state index contributed by atoms with van der Waals surface area (Å²) in [5.74, 6) is -0.467. The number of nitrogens with one attached hydrogen (secondary N) is 1. The van der Waals surface area contributed by atoms with Crippen molar-refractivity contribution in [2.24, 2.45) is 5.16 Å². The lowest BCUT2D eigenvalue weighted by Gasteiger charge is -2.20. The van der Waals surface area contributed by atoms with Gasteiger partial charge in [0.25, 0.3) is 0 Å². The van der Waals surface area contributed by atoms with Crippen LogP contribution in [0.2, 0.25) is 0 Å². The Morgan fingerprint density at radius 3 is 2.71 bits per heavy atom. The van der Waals surface area contributed by atoms with Crippen molar-refractivity contribution in [3.05, 3.63) is 66.0 Å². The number of amides is 2. The molecule has 1 heterocycles. The standard InChI is InChI=1S/C18H18FN3O2/c1-22(18(23)20-16-10-6-5-9-15(16)19)12-14-11-17(21-24-14)13-7-3-2-4-8-13/h2-10,14H,11-12H2,1H3,(H,20,23). The minimum atomic E-state index is -0.467. The Kier molecular flexibility index (Phi) is 4.74. The lowest BCUT2D eigenvalue weighted by atomic mass is 10.1. The summed E-state index contributed by atoms with van der Waals surface area (Å²) in [4.78, 5) is 19.0. The van der Waals surface area contributed by atoms with Gasteiger partial charge in [-0.05, 0) is 17.7 Å². The summed E-state index contributed by atoms with van der Waals surface area (Å²) in [5.41, 5.74) is 2.03. The molecule has 24 heavy (non-hydrogen) atoms. The van der Waals surface area contributed by atoms with Crippen molar-refractivity contribution in [3.8, 4) is 0 Å². The molecule has 2 aromatic carbocycles. The highest BCUT2D eigenvalue weighted by molar-refractivity contribution is 6.01. The zero-order chi connectivity index (χ0) is 16.9. The summed E-state index contributed by atoms with van der Waals surface area (Å²) in [7, 11) is 1.64. The third kappa shape index (κ3) is 3.71. The fourth-order valence-corrected chi connectivity index (χ4v) is 2.49. The average Bonchev–Trinajstić information content (AvgIpc) is 3.06. The molecule has 0 bridgehead atoms. The Labute approximate surface area is 139 Å². The highest BCUT2D eigenvalue weighted by Crippen LogP contribution is 2.18. The molecule has 1 atom stereocenters. The van der Waals surface area contributed by atoms with Crippen molar-refractivity contribution in [1.82, 2.24) is 4.90 Å². The van der Waals surface area contributed by atoms with Crippen LogP contribution < -0.4 is 5.32 Å². The second-order valence-electron chi connectivity index (χ2n) is 5.63. The molecule has 1 unspecified atom stereocenters. The van der Waals surface area contributed by atoms with Crippen molar-refractivity contribution in [1.29, 1.82) is 0 Å². The normalized spacial score (nSPS) is 16.2. The molecule has 0 fully saturated rings. The molecule has 0 aliphatic carbocycles. The minimum Gasteiger partial charge on any atom is -0.390 e. The monoisotopic (exact) mass is 327 g/mol. The molecular weight excluding hydrogens is 309 g/mol. The maximum absolute atomic E-state index is 13.6.